The lowest BCUT2D eigenvalue weighted by atomic mass is 9.86. The van der Waals surface area contributed by atoms with Crippen LogP contribution in [0.5, 0.6) is 0 Å². The van der Waals surface area contributed by atoms with E-state index < -0.39 is 0 Å². The van der Waals surface area contributed by atoms with Crippen molar-refractivity contribution in [1.82, 2.24) is 9.78 Å². The van der Waals surface area contributed by atoms with Gasteiger partial charge in [0.05, 0.1) is 24.5 Å². The van der Waals surface area contributed by atoms with Crippen molar-refractivity contribution < 1.29 is 4.74 Å². The predicted molar refractivity (Wildman–Crippen MR) is 76.2 cm³/mol. The summed E-state index contributed by atoms with van der Waals surface area (Å²) in [6.45, 7) is 4.16. The van der Waals surface area contributed by atoms with Crippen molar-refractivity contribution in [3.05, 3.63) is 12.4 Å². The Balaban J connectivity index is 1.54. The van der Waals surface area contributed by atoms with E-state index in [4.69, 9.17) is 4.74 Å². The number of anilines is 1. The summed E-state index contributed by atoms with van der Waals surface area (Å²) in [5.41, 5.74) is 1.16. The third-order valence-corrected chi connectivity index (χ3v) is 4.51. The lowest BCUT2D eigenvalue weighted by Gasteiger charge is -2.29. The van der Waals surface area contributed by atoms with Crippen LogP contribution in [-0.2, 0) is 11.3 Å². The Morgan fingerprint density at radius 2 is 2.21 bits per heavy atom. The second-order valence-corrected chi connectivity index (χ2v) is 6.10. The molecule has 2 fully saturated rings. The van der Waals surface area contributed by atoms with Crippen LogP contribution in [0.1, 0.15) is 45.4 Å². The zero-order chi connectivity index (χ0) is 13.1. The molecule has 4 nitrogen and oxygen atoms in total. The van der Waals surface area contributed by atoms with Gasteiger partial charge in [-0.25, -0.2) is 0 Å². The van der Waals surface area contributed by atoms with Gasteiger partial charge in [0.25, 0.3) is 0 Å². The molecular weight excluding hydrogens is 238 g/mol. The Morgan fingerprint density at radius 1 is 1.32 bits per heavy atom. The SMILES string of the molecule is CC1CCCCC1Nc1cnn(CC2CCCO2)c1. The molecule has 1 saturated heterocycles. The van der Waals surface area contributed by atoms with Crippen LogP contribution in [0.2, 0.25) is 0 Å². The fraction of sp³-hybridized carbons (Fsp3) is 0.800. The minimum absolute atomic E-state index is 0.362. The van der Waals surface area contributed by atoms with Gasteiger partial charge < -0.3 is 10.1 Å². The van der Waals surface area contributed by atoms with Crippen molar-refractivity contribution >= 4 is 5.69 Å². The van der Waals surface area contributed by atoms with Gasteiger partial charge in [-0.2, -0.15) is 5.10 Å². The highest BCUT2D eigenvalue weighted by atomic mass is 16.5. The van der Waals surface area contributed by atoms with Gasteiger partial charge in [0.2, 0.25) is 0 Å². The number of nitrogens with zero attached hydrogens (tertiary/aromatic N) is 2. The van der Waals surface area contributed by atoms with E-state index in [0.717, 1.165) is 24.8 Å². The average Bonchev–Trinajstić information content (AvgIpc) is 3.05. The van der Waals surface area contributed by atoms with E-state index in [2.05, 4.69) is 23.5 Å². The van der Waals surface area contributed by atoms with Gasteiger partial charge in [-0.1, -0.05) is 19.8 Å². The molecule has 0 bridgehead atoms. The van der Waals surface area contributed by atoms with Crippen LogP contribution in [0.3, 0.4) is 0 Å². The van der Waals surface area contributed by atoms with Gasteiger partial charge in [0, 0.05) is 18.8 Å². The second-order valence-electron chi connectivity index (χ2n) is 6.10. The van der Waals surface area contributed by atoms with Crippen molar-refractivity contribution in [3.63, 3.8) is 0 Å². The predicted octanol–water partition coefficient (Wildman–Crippen LogP) is 3.05. The highest BCUT2D eigenvalue weighted by molar-refractivity contribution is 5.39. The fourth-order valence-electron chi connectivity index (χ4n) is 3.28. The molecule has 1 aliphatic heterocycles. The minimum atomic E-state index is 0.362. The minimum Gasteiger partial charge on any atom is -0.380 e. The third kappa shape index (κ3) is 3.30. The first kappa shape index (κ1) is 13.0. The maximum Gasteiger partial charge on any atom is 0.0771 e. The first-order valence-electron chi connectivity index (χ1n) is 7.72. The van der Waals surface area contributed by atoms with Crippen LogP contribution >= 0.6 is 0 Å². The first-order valence-corrected chi connectivity index (χ1v) is 7.72. The summed E-state index contributed by atoms with van der Waals surface area (Å²) in [7, 11) is 0. The quantitative estimate of drug-likeness (QED) is 0.907. The normalized spacial score (nSPS) is 31.5. The summed E-state index contributed by atoms with van der Waals surface area (Å²) >= 11 is 0. The van der Waals surface area contributed by atoms with E-state index in [1.165, 1.54) is 38.5 Å². The van der Waals surface area contributed by atoms with Crippen molar-refractivity contribution in [2.45, 2.75) is 64.1 Å². The van der Waals surface area contributed by atoms with E-state index in [9.17, 15) is 0 Å². The Labute approximate surface area is 115 Å². The zero-order valence-corrected chi connectivity index (χ0v) is 11.8. The van der Waals surface area contributed by atoms with E-state index in [0.29, 0.717) is 12.1 Å². The van der Waals surface area contributed by atoms with E-state index in [-0.39, 0.29) is 0 Å². The Kier molecular flexibility index (Phi) is 4.06. The van der Waals surface area contributed by atoms with Gasteiger partial charge in [0.15, 0.2) is 0 Å². The maximum atomic E-state index is 5.65. The number of hydrogen-bond donors (Lipinski definition) is 1. The van der Waals surface area contributed by atoms with Crippen LogP contribution in [0, 0.1) is 5.92 Å². The summed E-state index contributed by atoms with van der Waals surface area (Å²) in [6.07, 6.45) is 12.2. The molecule has 3 atom stereocenters. The molecule has 1 N–H and O–H groups in total. The van der Waals surface area contributed by atoms with Crippen LogP contribution in [0.15, 0.2) is 12.4 Å². The molecular formula is C15H25N3O. The van der Waals surface area contributed by atoms with E-state index >= 15 is 0 Å². The average molecular weight is 263 g/mol. The largest absolute Gasteiger partial charge is 0.380 e. The molecule has 19 heavy (non-hydrogen) atoms. The standard InChI is InChI=1S/C15H25N3O/c1-12-5-2-3-7-15(12)17-13-9-16-18(10-13)11-14-6-4-8-19-14/h9-10,12,14-15,17H,2-8,11H2,1H3. The Bertz CT molecular complexity index is 398. The van der Waals surface area contributed by atoms with Crippen molar-refractivity contribution in [1.29, 1.82) is 0 Å². The topological polar surface area (TPSA) is 39.1 Å². The van der Waals surface area contributed by atoms with E-state index in [1.807, 2.05) is 10.9 Å². The monoisotopic (exact) mass is 263 g/mol. The number of nitrogens with one attached hydrogen (secondary N) is 1. The molecule has 0 aromatic carbocycles. The maximum absolute atomic E-state index is 5.65. The van der Waals surface area contributed by atoms with Gasteiger partial charge in [-0.15, -0.1) is 0 Å². The molecule has 0 amide bonds. The summed E-state index contributed by atoms with van der Waals surface area (Å²) in [6, 6.07) is 0.620. The number of rotatable bonds is 4. The highest BCUT2D eigenvalue weighted by Gasteiger charge is 2.21. The van der Waals surface area contributed by atoms with Gasteiger partial charge in [-0.3, -0.25) is 4.68 Å². The molecule has 3 unspecified atom stereocenters. The molecule has 1 aliphatic carbocycles. The molecule has 4 heteroatoms. The zero-order valence-electron chi connectivity index (χ0n) is 11.8. The lowest BCUT2D eigenvalue weighted by molar-refractivity contribution is 0.0940. The number of hydrogen-bond acceptors (Lipinski definition) is 3. The number of aromatic nitrogens is 2. The van der Waals surface area contributed by atoms with Crippen LogP contribution in [-0.4, -0.2) is 28.5 Å². The Hall–Kier alpha value is -1.03. The molecule has 0 radical (unpaired) electrons. The van der Waals surface area contributed by atoms with Crippen LogP contribution in [0.25, 0.3) is 0 Å². The second kappa shape index (κ2) is 5.95. The smallest absolute Gasteiger partial charge is 0.0771 e. The molecule has 3 rings (SSSR count). The van der Waals surface area contributed by atoms with Crippen LogP contribution in [0.4, 0.5) is 5.69 Å². The fourth-order valence-corrected chi connectivity index (χ4v) is 3.28. The van der Waals surface area contributed by atoms with Gasteiger partial charge >= 0.3 is 0 Å². The van der Waals surface area contributed by atoms with Crippen molar-refractivity contribution in [2.24, 2.45) is 5.92 Å². The molecule has 1 saturated carbocycles. The summed E-state index contributed by atoms with van der Waals surface area (Å²) in [5.74, 6) is 0.773. The highest BCUT2D eigenvalue weighted by Crippen LogP contribution is 2.26. The Morgan fingerprint density at radius 3 is 3.00 bits per heavy atom. The number of ether oxygens (including phenoxy) is 1. The molecule has 106 valence electrons. The molecule has 2 heterocycles. The molecule has 1 aromatic rings. The lowest BCUT2D eigenvalue weighted by Crippen LogP contribution is -2.30. The first-order chi connectivity index (χ1) is 9.31. The van der Waals surface area contributed by atoms with Gasteiger partial charge in [0.1, 0.15) is 0 Å². The van der Waals surface area contributed by atoms with Crippen LogP contribution < -0.4 is 5.32 Å². The molecule has 0 spiro atoms. The van der Waals surface area contributed by atoms with Crippen molar-refractivity contribution in [3.8, 4) is 0 Å². The summed E-state index contributed by atoms with van der Waals surface area (Å²) in [5, 5.41) is 8.10. The van der Waals surface area contributed by atoms with Crippen molar-refractivity contribution in [2.75, 3.05) is 11.9 Å². The molecule has 1 aromatic heterocycles. The van der Waals surface area contributed by atoms with Gasteiger partial charge in [-0.05, 0) is 31.6 Å². The summed E-state index contributed by atoms with van der Waals surface area (Å²) < 4.78 is 7.67. The van der Waals surface area contributed by atoms with E-state index in [1.54, 1.807) is 0 Å². The molecule has 2 aliphatic rings. The summed E-state index contributed by atoms with van der Waals surface area (Å²) in [4.78, 5) is 0. The third-order valence-electron chi connectivity index (χ3n) is 4.51.